The smallest absolute Gasteiger partial charge is 0.264 e. The molecule has 0 bridgehead atoms. The molecule has 6 heteroatoms. The van der Waals surface area contributed by atoms with Gasteiger partial charge in [-0.25, -0.2) is 0 Å². The maximum atomic E-state index is 12.9. The molecule has 4 heterocycles. The number of carbonyl (C=O) groups is 1. The van der Waals surface area contributed by atoms with Gasteiger partial charge in [-0.3, -0.25) is 9.48 Å². The number of aromatic nitrogens is 2. The Balaban J connectivity index is 1.60. The molecule has 0 saturated carbocycles. The van der Waals surface area contributed by atoms with Gasteiger partial charge in [0.15, 0.2) is 0 Å². The van der Waals surface area contributed by atoms with E-state index in [1.807, 2.05) is 30.4 Å². The fourth-order valence-electron chi connectivity index (χ4n) is 3.36. The van der Waals surface area contributed by atoms with Crippen LogP contribution in [0.3, 0.4) is 0 Å². The lowest BCUT2D eigenvalue weighted by atomic mass is 10.1. The summed E-state index contributed by atoms with van der Waals surface area (Å²) in [5.74, 6) is 0.158. The van der Waals surface area contributed by atoms with Crippen molar-refractivity contribution in [3.63, 3.8) is 0 Å². The van der Waals surface area contributed by atoms with Crippen LogP contribution in [0.1, 0.15) is 44.6 Å². The van der Waals surface area contributed by atoms with Gasteiger partial charge in [-0.15, -0.1) is 11.3 Å². The van der Waals surface area contributed by atoms with Crippen LogP contribution in [0.15, 0.2) is 18.5 Å². The first-order chi connectivity index (χ1) is 10.7. The van der Waals surface area contributed by atoms with Crippen molar-refractivity contribution in [1.82, 2.24) is 14.7 Å². The number of fused-ring (bicyclic) bond motifs is 1. The van der Waals surface area contributed by atoms with E-state index in [4.69, 9.17) is 4.74 Å². The number of aryl methyl sites for hydroxylation is 1. The third-order valence-corrected chi connectivity index (χ3v) is 5.69. The summed E-state index contributed by atoms with van der Waals surface area (Å²) in [5.41, 5.74) is 2.33. The first kappa shape index (κ1) is 14.0. The molecule has 1 atom stereocenters. The summed E-state index contributed by atoms with van der Waals surface area (Å²) in [6.45, 7) is 2.24. The van der Waals surface area contributed by atoms with Crippen molar-refractivity contribution in [2.45, 2.75) is 31.9 Å². The molecule has 116 valence electrons. The van der Waals surface area contributed by atoms with E-state index in [0.717, 1.165) is 42.9 Å². The molecule has 2 aliphatic rings. The Morgan fingerprint density at radius 2 is 2.41 bits per heavy atom. The van der Waals surface area contributed by atoms with Crippen molar-refractivity contribution in [1.29, 1.82) is 0 Å². The zero-order chi connectivity index (χ0) is 15.1. The van der Waals surface area contributed by atoms with Crippen molar-refractivity contribution in [2.75, 3.05) is 13.2 Å². The highest BCUT2D eigenvalue weighted by Gasteiger charge is 2.32. The van der Waals surface area contributed by atoms with Gasteiger partial charge in [0.25, 0.3) is 5.91 Å². The lowest BCUT2D eigenvalue weighted by Gasteiger charge is -2.23. The van der Waals surface area contributed by atoms with Crippen LogP contribution in [0.5, 0.6) is 0 Å². The van der Waals surface area contributed by atoms with E-state index >= 15 is 0 Å². The predicted octanol–water partition coefficient (Wildman–Crippen LogP) is 2.53. The summed E-state index contributed by atoms with van der Waals surface area (Å²) in [5, 5.41) is 4.25. The van der Waals surface area contributed by atoms with E-state index in [1.54, 1.807) is 16.0 Å². The molecule has 0 aromatic carbocycles. The van der Waals surface area contributed by atoms with E-state index in [-0.39, 0.29) is 11.9 Å². The van der Waals surface area contributed by atoms with Gasteiger partial charge in [-0.2, -0.15) is 5.10 Å². The van der Waals surface area contributed by atoms with E-state index < -0.39 is 0 Å². The average Bonchev–Trinajstić information content (AvgIpc) is 3.24. The molecule has 22 heavy (non-hydrogen) atoms. The molecule has 0 radical (unpaired) electrons. The second-order valence-corrected chi connectivity index (χ2v) is 7.10. The lowest BCUT2D eigenvalue weighted by Crippen LogP contribution is -2.29. The highest BCUT2D eigenvalue weighted by atomic mass is 32.1. The van der Waals surface area contributed by atoms with Crippen molar-refractivity contribution < 1.29 is 9.53 Å². The van der Waals surface area contributed by atoms with Gasteiger partial charge in [0.05, 0.1) is 30.3 Å². The molecule has 2 aromatic heterocycles. The molecule has 5 nitrogen and oxygen atoms in total. The third-order valence-electron chi connectivity index (χ3n) is 4.46. The fraction of sp³-hybridized carbons (Fsp3) is 0.500. The Labute approximate surface area is 133 Å². The summed E-state index contributed by atoms with van der Waals surface area (Å²) in [6, 6.07) is 2.19. The number of hydrogen-bond donors (Lipinski definition) is 0. The Morgan fingerprint density at radius 1 is 1.50 bits per heavy atom. The van der Waals surface area contributed by atoms with Gasteiger partial charge < -0.3 is 9.64 Å². The average molecular weight is 317 g/mol. The number of ether oxygens (including phenoxy) is 1. The monoisotopic (exact) mass is 317 g/mol. The molecule has 0 aliphatic carbocycles. The maximum absolute atomic E-state index is 12.9. The summed E-state index contributed by atoms with van der Waals surface area (Å²) in [6.07, 6.45) is 6.90. The van der Waals surface area contributed by atoms with Crippen LogP contribution in [0.4, 0.5) is 0 Å². The van der Waals surface area contributed by atoms with Gasteiger partial charge in [0, 0.05) is 36.7 Å². The number of rotatable bonds is 2. The molecule has 2 aromatic rings. The van der Waals surface area contributed by atoms with E-state index in [1.165, 1.54) is 10.4 Å². The van der Waals surface area contributed by atoms with Gasteiger partial charge in [0.1, 0.15) is 0 Å². The molecular weight excluding hydrogens is 298 g/mol. The molecule has 1 fully saturated rings. The minimum absolute atomic E-state index is 0.158. The van der Waals surface area contributed by atoms with E-state index in [2.05, 4.69) is 5.10 Å². The normalized spacial score (nSPS) is 21.1. The van der Waals surface area contributed by atoms with Crippen LogP contribution in [0.25, 0.3) is 0 Å². The summed E-state index contributed by atoms with van der Waals surface area (Å²) >= 11 is 1.64. The molecule has 1 amide bonds. The van der Waals surface area contributed by atoms with E-state index in [0.29, 0.717) is 6.61 Å². The van der Waals surface area contributed by atoms with Crippen molar-refractivity contribution in [2.24, 2.45) is 7.05 Å². The Morgan fingerprint density at radius 3 is 3.18 bits per heavy atom. The summed E-state index contributed by atoms with van der Waals surface area (Å²) in [4.78, 5) is 17.1. The van der Waals surface area contributed by atoms with E-state index in [9.17, 15) is 4.79 Å². The van der Waals surface area contributed by atoms with Crippen molar-refractivity contribution >= 4 is 17.2 Å². The minimum atomic E-state index is 0.158. The van der Waals surface area contributed by atoms with Crippen LogP contribution < -0.4 is 0 Å². The zero-order valence-electron chi connectivity index (χ0n) is 12.6. The summed E-state index contributed by atoms with van der Waals surface area (Å²) < 4.78 is 7.28. The van der Waals surface area contributed by atoms with Gasteiger partial charge in [-0.1, -0.05) is 0 Å². The van der Waals surface area contributed by atoms with Crippen molar-refractivity contribution in [3.05, 3.63) is 39.3 Å². The second-order valence-electron chi connectivity index (χ2n) is 5.97. The zero-order valence-corrected chi connectivity index (χ0v) is 13.4. The first-order valence-corrected chi connectivity index (χ1v) is 8.53. The summed E-state index contributed by atoms with van der Waals surface area (Å²) in [7, 11) is 1.91. The third kappa shape index (κ3) is 2.36. The highest BCUT2D eigenvalue weighted by Crippen LogP contribution is 2.35. The Bertz CT molecular complexity index is 683. The quantitative estimate of drug-likeness (QED) is 0.855. The van der Waals surface area contributed by atoms with Crippen LogP contribution in [0, 0.1) is 0 Å². The van der Waals surface area contributed by atoms with Gasteiger partial charge in [-0.05, 0) is 24.5 Å². The number of hydrogen-bond acceptors (Lipinski definition) is 4. The largest absolute Gasteiger partial charge is 0.376 e. The van der Waals surface area contributed by atoms with Gasteiger partial charge >= 0.3 is 0 Å². The standard InChI is InChI=1S/C16H19N3O2S/c1-18-9-12(8-17-18)13-3-2-5-19(13)16(20)15-7-11-10-21-6-4-14(11)22-15/h7-9,13H,2-6,10H2,1H3/t13-/m1/s1. The molecule has 2 aliphatic heterocycles. The van der Waals surface area contributed by atoms with Crippen LogP contribution in [0.2, 0.25) is 0 Å². The Hall–Kier alpha value is -1.66. The lowest BCUT2D eigenvalue weighted by molar-refractivity contribution is 0.0740. The molecule has 4 rings (SSSR count). The minimum Gasteiger partial charge on any atom is -0.376 e. The number of thiophene rings is 1. The topological polar surface area (TPSA) is 47.4 Å². The molecule has 0 spiro atoms. The molecular formula is C16H19N3O2S. The fourth-order valence-corrected chi connectivity index (χ4v) is 4.47. The SMILES string of the molecule is Cn1cc([C@H]2CCCN2C(=O)c2cc3c(s2)CCOC3)cn1. The predicted molar refractivity (Wildman–Crippen MR) is 83.9 cm³/mol. The number of nitrogens with zero attached hydrogens (tertiary/aromatic N) is 3. The number of amides is 1. The second kappa shape index (κ2) is 5.52. The first-order valence-electron chi connectivity index (χ1n) is 7.71. The maximum Gasteiger partial charge on any atom is 0.264 e. The number of likely N-dealkylation sites (tertiary alicyclic amines) is 1. The van der Waals surface area contributed by atoms with Crippen LogP contribution >= 0.6 is 11.3 Å². The molecule has 0 N–H and O–H groups in total. The van der Waals surface area contributed by atoms with Crippen LogP contribution in [-0.4, -0.2) is 33.7 Å². The van der Waals surface area contributed by atoms with Crippen molar-refractivity contribution in [3.8, 4) is 0 Å². The molecule has 1 saturated heterocycles. The highest BCUT2D eigenvalue weighted by molar-refractivity contribution is 7.14. The van der Waals surface area contributed by atoms with Crippen LogP contribution in [-0.2, 0) is 24.8 Å². The van der Waals surface area contributed by atoms with Gasteiger partial charge in [0.2, 0.25) is 0 Å². The molecule has 0 unspecified atom stereocenters. The number of carbonyl (C=O) groups excluding carboxylic acids is 1. The Kier molecular flexibility index (Phi) is 3.50.